The number of hydrogen-bond acceptors (Lipinski definition) is 2. The molecule has 1 aromatic carbocycles. The van der Waals surface area contributed by atoms with Crippen molar-refractivity contribution in [3.8, 4) is 0 Å². The van der Waals surface area contributed by atoms with Gasteiger partial charge in [0.1, 0.15) is 11.6 Å². The minimum absolute atomic E-state index is 0.421. The summed E-state index contributed by atoms with van der Waals surface area (Å²) < 4.78 is 26.3. The Balaban J connectivity index is 1.81. The number of likely N-dealkylation sites (N-methyl/N-ethyl adjacent to an activating group) is 1. The highest BCUT2D eigenvalue weighted by molar-refractivity contribution is 5.18. The van der Waals surface area contributed by atoms with Crippen LogP contribution in [0.4, 0.5) is 8.78 Å². The van der Waals surface area contributed by atoms with Gasteiger partial charge in [0.05, 0.1) is 0 Å². The number of benzene rings is 1. The first-order chi connectivity index (χ1) is 9.04. The molecule has 0 heterocycles. The van der Waals surface area contributed by atoms with Crippen molar-refractivity contribution in [1.29, 1.82) is 0 Å². The van der Waals surface area contributed by atoms with Crippen LogP contribution in [0.1, 0.15) is 18.4 Å². The highest BCUT2D eigenvalue weighted by Crippen LogP contribution is 2.45. The molecule has 0 radical (unpaired) electrons. The van der Waals surface area contributed by atoms with Crippen molar-refractivity contribution in [3.63, 3.8) is 0 Å². The zero-order valence-electron chi connectivity index (χ0n) is 11.7. The average Bonchev–Trinajstić information content (AvgIpc) is 3.08. The van der Waals surface area contributed by atoms with Gasteiger partial charge in [-0.1, -0.05) is 6.07 Å². The van der Waals surface area contributed by atoms with Crippen molar-refractivity contribution in [2.24, 2.45) is 5.41 Å². The molecule has 1 fully saturated rings. The van der Waals surface area contributed by atoms with E-state index in [9.17, 15) is 8.78 Å². The van der Waals surface area contributed by atoms with Crippen LogP contribution in [-0.2, 0) is 6.42 Å². The fourth-order valence-corrected chi connectivity index (χ4v) is 2.63. The molecule has 0 aromatic heterocycles. The summed E-state index contributed by atoms with van der Waals surface area (Å²) >= 11 is 0. The Morgan fingerprint density at radius 3 is 2.63 bits per heavy atom. The molecule has 2 nitrogen and oxygen atoms in total. The van der Waals surface area contributed by atoms with Crippen LogP contribution >= 0.6 is 0 Å². The van der Waals surface area contributed by atoms with E-state index >= 15 is 0 Å². The summed E-state index contributed by atoms with van der Waals surface area (Å²) in [5, 5.41) is 3.24. The van der Waals surface area contributed by atoms with Crippen LogP contribution in [-0.4, -0.2) is 38.6 Å². The first-order valence-corrected chi connectivity index (χ1v) is 6.82. The second-order valence-corrected chi connectivity index (χ2v) is 5.75. The molecule has 0 bridgehead atoms. The molecule has 2 rings (SSSR count). The molecule has 0 spiro atoms. The van der Waals surface area contributed by atoms with Crippen LogP contribution in [0.3, 0.4) is 0 Å². The number of halogens is 2. The molecule has 1 aromatic rings. The van der Waals surface area contributed by atoms with Gasteiger partial charge in [0.15, 0.2) is 0 Å². The maximum Gasteiger partial charge on any atom is 0.129 e. The summed E-state index contributed by atoms with van der Waals surface area (Å²) in [7, 11) is 4.05. The Kier molecular flexibility index (Phi) is 4.53. The van der Waals surface area contributed by atoms with Gasteiger partial charge >= 0.3 is 0 Å². The van der Waals surface area contributed by atoms with Crippen LogP contribution in [0.5, 0.6) is 0 Å². The molecule has 0 saturated heterocycles. The Hall–Kier alpha value is -1.00. The summed E-state index contributed by atoms with van der Waals surface area (Å²) in [5.41, 5.74) is 1.01. The highest BCUT2D eigenvalue weighted by Gasteiger charge is 2.42. The standard InChI is InChI=1S/C15H22F2N2/c1-18-10-15(6-7-15)11-19(2)8-5-12-3-4-13(16)9-14(12)17/h3-4,9,18H,5-8,10-11H2,1-2H3. The van der Waals surface area contributed by atoms with Gasteiger partial charge in [0, 0.05) is 25.7 Å². The summed E-state index contributed by atoms with van der Waals surface area (Å²) in [6, 6.07) is 3.82. The smallest absolute Gasteiger partial charge is 0.129 e. The van der Waals surface area contributed by atoms with E-state index in [1.165, 1.54) is 18.9 Å². The maximum absolute atomic E-state index is 13.5. The van der Waals surface area contributed by atoms with Crippen molar-refractivity contribution < 1.29 is 8.78 Å². The lowest BCUT2D eigenvalue weighted by atomic mass is 10.1. The normalized spacial score (nSPS) is 16.9. The predicted octanol–water partition coefficient (Wildman–Crippen LogP) is 2.44. The summed E-state index contributed by atoms with van der Waals surface area (Å²) in [4.78, 5) is 2.24. The molecule has 1 saturated carbocycles. The van der Waals surface area contributed by atoms with Gasteiger partial charge in [-0.05, 0) is 50.4 Å². The third-order valence-electron chi connectivity index (χ3n) is 3.89. The minimum atomic E-state index is -0.513. The highest BCUT2D eigenvalue weighted by atomic mass is 19.1. The van der Waals surface area contributed by atoms with Crippen LogP contribution in [0.15, 0.2) is 18.2 Å². The Morgan fingerprint density at radius 1 is 1.32 bits per heavy atom. The molecule has 4 heteroatoms. The molecule has 0 unspecified atom stereocenters. The van der Waals surface area contributed by atoms with Crippen LogP contribution in [0.25, 0.3) is 0 Å². The molecule has 0 aliphatic heterocycles. The summed E-state index contributed by atoms with van der Waals surface area (Å²) in [6.07, 6.45) is 3.16. The lowest BCUT2D eigenvalue weighted by molar-refractivity contribution is 0.261. The van der Waals surface area contributed by atoms with Gasteiger partial charge in [0.25, 0.3) is 0 Å². The average molecular weight is 268 g/mol. The van der Waals surface area contributed by atoms with E-state index in [4.69, 9.17) is 0 Å². The van der Waals surface area contributed by atoms with Crippen LogP contribution in [0, 0.1) is 17.0 Å². The predicted molar refractivity (Wildman–Crippen MR) is 73.2 cm³/mol. The molecule has 19 heavy (non-hydrogen) atoms. The first-order valence-electron chi connectivity index (χ1n) is 6.82. The van der Waals surface area contributed by atoms with Gasteiger partial charge in [0.2, 0.25) is 0 Å². The Labute approximate surface area is 113 Å². The lowest BCUT2D eigenvalue weighted by Crippen LogP contribution is -2.34. The van der Waals surface area contributed by atoms with Crippen molar-refractivity contribution >= 4 is 0 Å². The Bertz CT molecular complexity index is 430. The van der Waals surface area contributed by atoms with Gasteiger partial charge < -0.3 is 10.2 Å². The summed E-state index contributed by atoms with van der Waals surface area (Å²) in [5.74, 6) is -0.953. The van der Waals surface area contributed by atoms with Gasteiger partial charge in [-0.3, -0.25) is 0 Å². The fourth-order valence-electron chi connectivity index (χ4n) is 2.63. The van der Waals surface area contributed by atoms with Gasteiger partial charge in [-0.25, -0.2) is 8.78 Å². The summed E-state index contributed by atoms with van der Waals surface area (Å²) in [6.45, 7) is 2.88. The third kappa shape index (κ3) is 3.98. The fraction of sp³-hybridized carbons (Fsp3) is 0.600. The number of rotatable bonds is 7. The molecular formula is C15H22F2N2. The molecule has 1 aliphatic rings. The number of nitrogens with zero attached hydrogens (tertiary/aromatic N) is 1. The van der Waals surface area contributed by atoms with Crippen molar-refractivity contribution in [2.45, 2.75) is 19.3 Å². The zero-order valence-corrected chi connectivity index (χ0v) is 11.7. The first kappa shape index (κ1) is 14.4. The van der Waals surface area contributed by atoms with Crippen molar-refractivity contribution in [2.75, 3.05) is 33.7 Å². The molecular weight excluding hydrogens is 246 g/mol. The largest absolute Gasteiger partial charge is 0.319 e. The van der Waals surface area contributed by atoms with Gasteiger partial charge in [-0.2, -0.15) is 0 Å². The van der Waals surface area contributed by atoms with E-state index < -0.39 is 11.6 Å². The molecule has 0 atom stereocenters. The quantitative estimate of drug-likeness (QED) is 0.817. The third-order valence-corrected chi connectivity index (χ3v) is 3.89. The van der Waals surface area contributed by atoms with E-state index in [0.717, 1.165) is 25.7 Å². The second-order valence-electron chi connectivity index (χ2n) is 5.75. The zero-order chi connectivity index (χ0) is 13.9. The molecule has 0 amide bonds. The van der Waals surface area contributed by atoms with Crippen LogP contribution in [0.2, 0.25) is 0 Å². The second kappa shape index (κ2) is 5.97. The van der Waals surface area contributed by atoms with E-state index in [2.05, 4.69) is 17.3 Å². The van der Waals surface area contributed by atoms with E-state index in [1.54, 1.807) is 6.07 Å². The molecule has 1 aliphatic carbocycles. The van der Waals surface area contributed by atoms with E-state index in [-0.39, 0.29) is 0 Å². The molecule has 1 N–H and O–H groups in total. The monoisotopic (exact) mass is 268 g/mol. The van der Waals surface area contributed by atoms with Crippen molar-refractivity contribution in [3.05, 3.63) is 35.4 Å². The number of nitrogens with one attached hydrogen (secondary N) is 1. The SMILES string of the molecule is CNCC1(CN(C)CCc2ccc(F)cc2F)CC1. The van der Waals surface area contributed by atoms with Crippen LogP contribution < -0.4 is 5.32 Å². The lowest BCUT2D eigenvalue weighted by Gasteiger charge is -2.23. The van der Waals surface area contributed by atoms with Crippen molar-refractivity contribution in [1.82, 2.24) is 10.2 Å². The minimum Gasteiger partial charge on any atom is -0.319 e. The maximum atomic E-state index is 13.5. The van der Waals surface area contributed by atoms with E-state index in [1.807, 2.05) is 7.05 Å². The topological polar surface area (TPSA) is 15.3 Å². The Morgan fingerprint density at radius 2 is 2.05 bits per heavy atom. The van der Waals surface area contributed by atoms with Gasteiger partial charge in [-0.15, -0.1) is 0 Å². The number of hydrogen-bond donors (Lipinski definition) is 1. The van der Waals surface area contributed by atoms with E-state index in [0.29, 0.717) is 17.4 Å². The molecule has 106 valence electrons.